The van der Waals surface area contributed by atoms with E-state index in [1.165, 1.54) is 12.1 Å². The van der Waals surface area contributed by atoms with Crippen molar-refractivity contribution in [1.29, 1.82) is 0 Å². The third kappa shape index (κ3) is 2.88. The van der Waals surface area contributed by atoms with Crippen LogP contribution < -0.4 is 0 Å². The first kappa shape index (κ1) is 15.8. The number of hydrogen-bond donors (Lipinski definition) is 0. The Balaban J connectivity index is 2.53. The van der Waals surface area contributed by atoms with Gasteiger partial charge in [0.15, 0.2) is 0 Å². The van der Waals surface area contributed by atoms with Crippen LogP contribution in [0.5, 0.6) is 0 Å². The van der Waals surface area contributed by atoms with Crippen molar-refractivity contribution in [3.63, 3.8) is 0 Å². The minimum absolute atomic E-state index is 0.0186. The Hall–Kier alpha value is -1.62. The number of amides is 1. The second kappa shape index (κ2) is 6.43. The van der Waals surface area contributed by atoms with Crippen molar-refractivity contribution < 1.29 is 9.18 Å². The van der Waals surface area contributed by atoms with Crippen molar-refractivity contribution in [3.8, 4) is 0 Å². The van der Waals surface area contributed by atoms with E-state index in [0.717, 1.165) is 0 Å². The molecule has 0 aliphatic carbocycles. The number of halogens is 2. The highest BCUT2D eigenvalue weighted by Gasteiger charge is 2.24. The normalized spacial score (nSPS) is 12.6. The molecule has 1 unspecified atom stereocenters. The first-order chi connectivity index (χ1) is 10.0. The van der Waals surface area contributed by atoms with E-state index in [0.29, 0.717) is 29.9 Å². The van der Waals surface area contributed by atoms with E-state index < -0.39 is 6.04 Å². The van der Waals surface area contributed by atoms with Crippen molar-refractivity contribution in [2.24, 2.45) is 0 Å². The predicted molar refractivity (Wildman–Crippen MR) is 81.9 cm³/mol. The molecule has 1 amide bonds. The molecule has 0 aliphatic rings. The van der Waals surface area contributed by atoms with Gasteiger partial charge in [-0.3, -0.25) is 4.79 Å². The van der Waals surface area contributed by atoms with Gasteiger partial charge >= 0.3 is 0 Å². The van der Waals surface area contributed by atoms with Gasteiger partial charge in [0.05, 0.1) is 16.9 Å². The van der Waals surface area contributed by atoms with Crippen LogP contribution in [-0.2, 0) is 10.7 Å². The molecule has 4 nitrogen and oxygen atoms in total. The SMILES string of the molecule is CCN(CC)C(=O)C(C)n1c(CCl)nc2ccc(F)cc21. The van der Waals surface area contributed by atoms with Crippen LogP contribution in [-0.4, -0.2) is 33.4 Å². The third-order valence-electron chi connectivity index (χ3n) is 3.66. The van der Waals surface area contributed by atoms with Crippen LogP contribution in [0, 0.1) is 5.82 Å². The lowest BCUT2D eigenvalue weighted by atomic mass is 10.2. The molecular weight excluding hydrogens is 293 g/mol. The van der Waals surface area contributed by atoms with Gasteiger partial charge in [-0.05, 0) is 39.0 Å². The smallest absolute Gasteiger partial charge is 0.245 e. The second-order valence-corrected chi connectivity index (χ2v) is 5.12. The number of hydrogen-bond acceptors (Lipinski definition) is 2. The van der Waals surface area contributed by atoms with Gasteiger partial charge in [0, 0.05) is 13.1 Å². The third-order valence-corrected chi connectivity index (χ3v) is 3.90. The van der Waals surface area contributed by atoms with E-state index in [-0.39, 0.29) is 17.6 Å². The average Bonchev–Trinajstić information content (AvgIpc) is 2.85. The largest absolute Gasteiger partial charge is 0.341 e. The van der Waals surface area contributed by atoms with Gasteiger partial charge < -0.3 is 9.47 Å². The number of rotatable bonds is 5. The Kier molecular flexibility index (Phi) is 4.83. The lowest BCUT2D eigenvalue weighted by Crippen LogP contribution is -2.36. The molecule has 1 atom stereocenters. The Morgan fingerprint density at radius 2 is 2.10 bits per heavy atom. The van der Waals surface area contributed by atoms with Crippen LogP contribution >= 0.6 is 11.6 Å². The van der Waals surface area contributed by atoms with Gasteiger partial charge in [-0.2, -0.15) is 0 Å². The lowest BCUT2D eigenvalue weighted by Gasteiger charge is -2.25. The van der Waals surface area contributed by atoms with Crippen LogP contribution in [0.4, 0.5) is 4.39 Å². The van der Waals surface area contributed by atoms with Crippen molar-refractivity contribution >= 4 is 28.5 Å². The topological polar surface area (TPSA) is 38.1 Å². The highest BCUT2D eigenvalue weighted by Crippen LogP contribution is 2.24. The van der Waals surface area contributed by atoms with Crippen LogP contribution in [0.25, 0.3) is 11.0 Å². The molecule has 0 spiro atoms. The fourth-order valence-corrected chi connectivity index (χ4v) is 2.74. The number of likely N-dealkylation sites (N-methyl/N-ethyl adjacent to an activating group) is 1. The van der Waals surface area contributed by atoms with E-state index in [4.69, 9.17) is 11.6 Å². The summed E-state index contributed by atoms with van der Waals surface area (Å²) in [4.78, 5) is 18.7. The summed E-state index contributed by atoms with van der Waals surface area (Å²) in [6.07, 6.45) is 0. The summed E-state index contributed by atoms with van der Waals surface area (Å²) in [5.74, 6) is 0.374. The fraction of sp³-hybridized carbons (Fsp3) is 0.467. The molecule has 0 N–H and O–H groups in total. The molecule has 2 aromatic rings. The van der Waals surface area contributed by atoms with E-state index >= 15 is 0 Å². The van der Waals surface area contributed by atoms with Gasteiger partial charge in [0.1, 0.15) is 17.7 Å². The molecule has 1 aromatic heterocycles. The van der Waals surface area contributed by atoms with Gasteiger partial charge in [-0.15, -0.1) is 11.6 Å². The summed E-state index contributed by atoms with van der Waals surface area (Å²) in [6, 6.07) is 3.88. The summed E-state index contributed by atoms with van der Waals surface area (Å²) in [6.45, 7) is 6.93. The molecule has 0 aliphatic heterocycles. The zero-order valence-electron chi connectivity index (χ0n) is 12.4. The number of alkyl halides is 1. The average molecular weight is 312 g/mol. The maximum atomic E-state index is 13.5. The molecule has 1 heterocycles. The highest BCUT2D eigenvalue weighted by atomic mass is 35.5. The highest BCUT2D eigenvalue weighted by molar-refractivity contribution is 6.17. The van der Waals surface area contributed by atoms with E-state index in [2.05, 4.69) is 4.98 Å². The monoisotopic (exact) mass is 311 g/mol. The van der Waals surface area contributed by atoms with Gasteiger partial charge in [-0.25, -0.2) is 9.37 Å². The molecule has 114 valence electrons. The number of carbonyl (C=O) groups is 1. The van der Waals surface area contributed by atoms with Gasteiger partial charge in [0.2, 0.25) is 5.91 Å². The zero-order valence-corrected chi connectivity index (χ0v) is 13.2. The van der Waals surface area contributed by atoms with Crippen LogP contribution in [0.15, 0.2) is 18.2 Å². The lowest BCUT2D eigenvalue weighted by molar-refractivity contribution is -0.133. The zero-order chi connectivity index (χ0) is 15.6. The minimum Gasteiger partial charge on any atom is -0.341 e. The van der Waals surface area contributed by atoms with Crippen LogP contribution in [0.2, 0.25) is 0 Å². The number of nitrogens with zero attached hydrogens (tertiary/aromatic N) is 3. The standard InChI is InChI=1S/C15H19ClFN3O/c1-4-19(5-2)15(21)10(3)20-13-8-11(17)6-7-12(13)18-14(20)9-16/h6-8,10H,4-5,9H2,1-3H3. The molecule has 1 aromatic carbocycles. The number of imidazole rings is 1. The van der Waals surface area contributed by atoms with Crippen molar-refractivity contribution in [2.45, 2.75) is 32.7 Å². The molecule has 6 heteroatoms. The van der Waals surface area contributed by atoms with Crippen LogP contribution in [0.1, 0.15) is 32.6 Å². The molecule has 0 fully saturated rings. The van der Waals surface area contributed by atoms with Crippen LogP contribution in [0.3, 0.4) is 0 Å². The van der Waals surface area contributed by atoms with Gasteiger partial charge in [0.25, 0.3) is 0 Å². The summed E-state index contributed by atoms with van der Waals surface area (Å²) >= 11 is 5.94. The summed E-state index contributed by atoms with van der Waals surface area (Å²) in [5.41, 5.74) is 1.24. The Morgan fingerprint density at radius 3 is 2.67 bits per heavy atom. The van der Waals surface area contributed by atoms with E-state index in [9.17, 15) is 9.18 Å². The van der Waals surface area contributed by atoms with E-state index in [1.54, 1.807) is 22.5 Å². The predicted octanol–water partition coefficient (Wildman–Crippen LogP) is 3.34. The Morgan fingerprint density at radius 1 is 1.43 bits per heavy atom. The number of aromatic nitrogens is 2. The second-order valence-electron chi connectivity index (χ2n) is 4.85. The Bertz CT molecular complexity index is 652. The molecular formula is C15H19ClFN3O. The summed E-state index contributed by atoms with van der Waals surface area (Å²) in [7, 11) is 0. The minimum atomic E-state index is -0.467. The maximum absolute atomic E-state index is 13.5. The van der Waals surface area contributed by atoms with Crippen molar-refractivity contribution in [2.75, 3.05) is 13.1 Å². The van der Waals surface area contributed by atoms with Gasteiger partial charge in [-0.1, -0.05) is 0 Å². The van der Waals surface area contributed by atoms with Crippen molar-refractivity contribution in [3.05, 3.63) is 29.8 Å². The molecule has 0 radical (unpaired) electrons. The summed E-state index contributed by atoms with van der Waals surface area (Å²) in [5, 5.41) is 0. The van der Waals surface area contributed by atoms with Crippen molar-refractivity contribution in [1.82, 2.24) is 14.5 Å². The summed E-state index contributed by atoms with van der Waals surface area (Å²) < 4.78 is 15.2. The Labute approximate surface area is 128 Å². The fourth-order valence-electron chi connectivity index (χ4n) is 2.55. The molecule has 0 bridgehead atoms. The number of fused-ring (bicyclic) bond motifs is 1. The first-order valence-corrected chi connectivity index (χ1v) is 7.58. The number of benzene rings is 1. The maximum Gasteiger partial charge on any atom is 0.245 e. The first-order valence-electron chi connectivity index (χ1n) is 7.04. The molecule has 2 rings (SSSR count). The molecule has 0 saturated heterocycles. The quantitative estimate of drug-likeness (QED) is 0.794. The molecule has 0 saturated carbocycles. The number of carbonyl (C=O) groups excluding carboxylic acids is 1. The van der Waals surface area contributed by atoms with E-state index in [1.807, 2.05) is 13.8 Å². The molecule has 21 heavy (non-hydrogen) atoms.